The molecule has 6 heteroatoms. The molecule has 0 bridgehead atoms. The van der Waals surface area contributed by atoms with Crippen LogP contribution in [-0.2, 0) is 16.1 Å². The molecule has 2 aromatic rings. The fraction of sp³-hybridized carbons (Fsp3) is 0.391. The second-order valence-electron chi connectivity index (χ2n) is 7.07. The van der Waals surface area contributed by atoms with Crippen molar-refractivity contribution in [2.45, 2.75) is 46.2 Å². The molecule has 0 aliphatic rings. The second-order valence-corrected chi connectivity index (χ2v) is 7.99. The highest BCUT2D eigenvalue weighted by molar-refractivity contribution is 9.10. The van der Waals surface area contributed by atoms with E-state index in [0.29, 0.717) is 18.8 Å². The topological polar surface area (TPSA) is 58.6 Å². The van der Waals surface area contributed by atoms with E-state index < -0.39 is 6.04 Å². The molecule has 0 heterocycles. The van der Waals surface area contributed by atoms with Crippen LogP contribution in [0.5, 0.6) is 5.75 Å². The van der Waals surface area contributed by atoms with Gasteiger partial charge in [-0.3, -0.25) is 9.59 Å². The Hall–Kier alpha value is -2.34. The van der Waals surface area contributed by atoms with Crippen molar-refractivity contribution >= 4 is 27.7 Å². The first-order valence-corrected chi connectivity index (χ1v) is 10.7. The Kier molecular flexibility index (Phi) is 9.19. The van der Waals surface area contributed by atoms with Gasteiger partial charge >= 0.3 is 0 Å². The average molecular weight is 461 g/mol. The fourth-order valence-corrected chi connectivity index (χ4v) is 3.10. The summed E-state index contributed by atoms with van der Waals surface area (Å²) < 4.78 is 6.65. The van der Waals surface area contributed by atoms with E-state index in [1.807, 2.05) is 55.5 Å². The minimum Gasteiger partial charge on any atom is -0.484 e. The number of ether oxygens (including phenoxy) is 1. The molecule has 0 fully saturated rings. The predicted molar refractivity (Wildman–Crippen MR) is 119 cm³/mol. The molecule has 2 aromatic carbocycles. The first kappa shape index (κ1) is 22.9. The molecule has 1 N–H and O–H groups in total. The Balaban J connectivity index is 2.10. The highest BCUT2D eigenvalue weighted by atomic mass is 79.9. The van der Waals surface area contributed by atoms with Gasteiger partial charge in [0.15, 0.2) is 6.61 Å². The van der Waals surface area contributed by atoms with Gasteiger partial charge in [-0.05, 0) is 55.7 Å². The van der Waals surface area contributed by atoms with Gasteiger partial charge in [-0.25, -0.2) is 0 Å². The van der Waals surface area contributed by atoms with Gasteiger partial charge in [0.25, 0.3) is 5.91 Å². The van der Waals surface area contributed by atoms with Gasteiger partial charge < -0.3 is 15.0 Å². The summed E-state index contributed by atoms with van der Waals surface area (Å²) in [5.41, 5.74) is 2.01. The maximum Gasteiger partial charge on any atom is 0.261 e. The Morgan fingerprint density at radius 3 is 2.55 bits per heavy atom. The van der Waals surface area contributed by atoms with Crippen LogP contribution in [0.3, 0.4) is 0 Å². The number of unbranched alkanes of at least 4 members (excludes halogenated alkanes) is 1. The number of halogens is 1. The van der Waals surface area contributed by atoms with E-state index in [4.69, 9.17) is 4.74 Å². The fourth-order valence-electron chi connectivity index (χ4n) is 2.84. The van der Waals surface area contributed by atoms with Crippen molar-refractivity contribution in [3.05, 3.63) is 64.1 Å². The monoisotopic (exact) mass is 460 g/mol. The number of amides is 2. The van der Waals surface area contributed by atoms with Gasteiger partial charge in [-0.2, -0.15) is 0 Å². The number of hydrogen-bond acceptors (Lipinski definition) is 3. The lowest BCUT2D eigenvalue weighted by Crippen LogP contribution is -2.49. The average Bonchev–Trinajstić information content (AvgIpc) is 2.71. The standard InChI is InChI=1S/C23H29BrN2O3/c1-4-5-13-25-23(28)18(3)26(15-19-9-11-20(24)12-10-19)22(27)16-29-21-8-6-7-17(2)14-21/h6-12,14,18H,4-5,13,15-16H2,1-3H3,(H,25,28)/t18-/m1/s1. The van der Waals surface area contributed by atoms with E-state index in [0.717, 1.165) is 28.4 Å². The highest BCUT2D eigenvalue weighted by Crippen LogP contribution is 2.16. The van der Waals surface area contributed by atoms with E-state index in [1.165, 1.54) is 0 Å². The van der Waals surface area contributed by atoms with E-state index in [9.17, 15) is 9.59 Å². The molecule has 0 spiro atoms. The van der Waals surface area contributed by atoms with Gasteiger partial charge in [0.05, 0.1) is 0 Å². The number of carbonyl (C=O) groups excluding carboxylic acids is 2. The van der Waals surface area contributed by atoms with Crippen molar-refractivity contribution in [2.24, 2.45) is 0 Å². The van der Waals surface area contributed by atoms with Gasteiger partial charge in [-0.1, -0.05) is 53.5 Å². The molecule has 0 saturated carbocycles. The minimum absolute atomic E-state index is 0.118. The van der Waals surface area contributed by atoms with E-state index in [1.54, 1.807) is 11.8 Å². The molecule has 2 rings (SSSR count). The van der Waals surface area contributed by atoms with Crippen LogP contribution in [-0.4, -0.2) is 35.9 Å². The van der Waals surface area contributed by atoms with Gasteiger partial charge in [0.2, 0.25) is 5.91 Å². The summed E-state index contributed by atoms with van der Waals surface area (Å²) in [6, 6.07) is 14.7. The number of nitrogens with one attached hydrogen (secondary N) is 1. The third-order valence-corrected chi connectivity index (χ3v) is 5.14. The molecular weight excluding hydrogens is 432 g/mol. The smallest absolute Gasteiger partial charge is 0.261 e. The molecule has 0 aromatic heterocycles. The van der Waals surface area contributed by atoms with Crippen LogP contribution in [0.25, 0.3) is 0 Å². The van der Waals surface area contributed by atoms with Gasteiger partial charge in [0, 0.05) is 17.6 Å². The molecule has 156 valence electrons. The SMILES string of the molecule is CCCCNC(=O)[C@@H](C)N(Cc1ccc(Br)cc1)C(=O)COc1cccc(C)c1. The Morgan fingerprint density at radius 2 is 1.90 bits per heavy atom. The van der Waals surface area contributed by atoms with Crippen LogP contribution in [0, 0.1) is 6.92 Å². The van der Waals surface area contributed by atoms with Crippen LogP contribution in [0.15, 0.2) is 53.0 Å². The predicted octanol–water partition coefficient (Wildman–Crippen LogP) is 4.47. The van der Waals surface area contributed by atoms with Crippen molar-refractivity contribution in [1.82, 2.24) is 10.2 Å². The van der Waals surface area contributed by atoms with Crippen molar-refractivity contribution in [3.63, 3.8) is 0 Å². The Labute approximate surface area is 181 Å². The molecule has 0 radical (unpaired) electrons. The molecule has 0 aliphatic heterocycles. The van der Waals surface area contributed by atoms with Crippen LogP contribution in [0.2, 0.25) is 0 Å². The number of benzene rings is 2. The van der Waals surface area contributed by atoms with Crippen molar-refractivity contribution < 1.29 is 14.3 Å². The zero-order valence-corrected chi connectivity index (χ0v) is 18.9. The molecule has 0 saturated heterocycles. The molecule has 29 heavy (non-hydrogen) atoms. The third kappa shape index (κ3) is 7.54. The van der Waals surface area contributed by atoms with Gasteiger partial charge in [-0.15, -0.1) is 0 Å². The maximum atomic E-state index is 13.0. The number of nitrogens with zero attached hydrogens (tertiary/aromatic N) is 1. The summed E-state index contributed by atoms with van der Waals surface area (Å²) in [6.07, 6.45) is 1.91. The van der Waals surface area contributed by atoms with Crippen LogP contribution >= 0.6 is 15.9 Å². The maximum absolute atomic E-state index is 13.0. The highest BCUT2D eigenvalue weighted by Gasteiger charge is 2.26. The van der Waals surface area contributed by atoms with E-state index in [2.05, 4.69) is 28.2 Å². The first-order chi connectivity index (χ1) is 13.9. The number of aryl methyl sites for hydroxylation is 1. The number of hydrogen-bond donors (Lipinski definition) is 1. The van der Waals surface area contributed by atoms with Crippen molar-refractivity contribution in [2.75, 3.05) is 13.2 Å². The second kappa shape index (κ2) is 11.6. The molecule has 0 unspecified atom stereocenters. The summed E-state index contributed by atoms with van der Waals surface area (Å²) in [4.78, 5) is 27.1. The van der Waals surface area contributed by atoms with Crippen molar-refractivity contribution in [1.29, 1.82) is 0 Å². The first-order valence-electron chi connectivity index (χ1n) is 9.91. The summed E-state index contributed by atoms with van der Waals surface area (Å²) in [5, 5.41) is 2.91. The summed E-state index contributed by atoms with van der Waals surface area (Å²) in [7, 11) is 0. The summed E-state index contributed by atoms with van der Waals surface area (Å²) >= 11 is 3.42. The minimum atomic E-state index is -0.593. The molecule has 5 nitrogen and oxygen atoms in total. The quantitative estimate of drug-likeness (QED) is 0.532. The zero-order chi connectivity index (χ0) is 21.2. The molecule has 2 amide bonds. The van der Waals surface area contributed by atoms with Gasteiger partial charge in [0.1, 0.15) is 11.8 Å². The summed E-state index contributed by atoms with van der Waals surface area (Å²) in [6.45, 7) is 6.63. The zero-order valence-electron chi connectivity index (χ0n) is 17.3. The lowest BCUT2D eigenvalue weighted by atomic mass is 10.1. The Bertz CT molecular complexity index is 808. The number of rotatable bonds is 10. The molecular formula is C23H29BrN2O3. The Morgan fingerprint density at radius 1 is 1.17 bits per heavy atom. The lowest BCUT2D eigenvalue weighted by Gasteiger charge is -2.28. The molecule has 0 aliphatic carbocycles. The largest absolute Gasteiger partial charge is 0.484 e. The van der Waals surface area contributed by atoms with E-state index >= 15 is 0 Å². The number of carbonyl (C=O) groups is 2. The lowest BCUT2D eigenvalue weighted by molar-refractivity contribution is -0.142. The molecule has 1 atom stereocenters. The van der Waals surface area contributed by atoms with Crippen LogP contribution in [0.1, 0.15) is 37.8 Å². The van der Waals surface area contributed by atoms with Crippen molar-refractivity contribution in [3.8, 4) is 5.75 Å². The summed E-state index contributed by atoms with van der Waals surface area (Å²) in [5.74, 6) is 0.258. The normalized spacial score (nSPS) is 11.6. The third-order valence-electron chi connectivity index (χ3n) is 4.61. The van der Waals surface area contributed by atoms with E-state index in [-0.39, 0.29) is 18.4 Å². The van der Waals surface area contributed by atoms with Crippen LogP contribution in [0.4, 0.5) is 0 Å². The van der Waals surface area contributed by atoms with Crippen LogP contribution < -0.4 is 10.1 Å².